The SMILES string of the molecule is CC(C)c1cc(-c2ccc3ccccc3c2)cc(-c2ccccc2)n1. The third-order valence-electron chi connectivity index (χ3n) is 4.59. The summed E-state index contributed by atoms with van der Waals surface area (Å²) in [6.45, 7) is 4.39. The quantitative estimate of drug-likeness (QED) is 0.409. The lowest BCUT2D eigenvalue weighted by Crippen LogP contribution is -1.96. The molecule has 1 nitrogen and oxygen atoms in total. The molecule has 0 saturated carbocycles. The molecular weight excluding hydrogens is 302 g/mol. The van der Waals surface area contributed by atoms with E-state index in [1.165, 1.54) is 21.9 Å². The number of benzene rings is 3. The second-order valence-electron chi connectivity index (χ2n) is 6.75. The highest BCUT2D eigenvalue weighted by molar-refractivity contribution is 5.87. The lowest BCUT2D eigenvalue weighted by atomic mass is 9.97. The molecule has 0 saturated heterocycles. The molecule has 0 radical (unpaired) electrons. The first-order valence-electron chi connectivity index (χ1n) is 8.77. The fourth-order valence-corrected chi connectivity index (χ4v) is 3.14. The van der Waals surface area contributed by atoms with Gasteiger partial charge in [0.1, 0.15) is 0 Å². The molecule has 1 heteroatoms. The molecule has 1 aromatic heterocycles. The van der Waals surface area contributed by atoms with E-state index < -0.39 is 0 Å². The molecule has 0 bridgehead atoms. The molecule has 0 fully saturated rings. The molecule has 3 aromatic carbocycles. The Labute approximate surface area is 149 Å². The number of hydrogen-bond acceptors (Lipinski definition) is 1. The predicted molar refractivity (Wildman–Crippen MR) is 107 cm³/mol. The maximum Gasteiger partial charge on any atom is 0.0711 e. The minimum absolute atomic E-state index is 0.392. The van der Waals surface area contributed by atoms with E-state index in [9.17, 15) is 0 Å². The van der Waals surface area contributed by atoms with Crippen molar-refractivity contribution in [3.63, 3.8) is 0 Å². The number of pyridine rings is 1. The van der Waals surface area contributed by atoms with Crippen LogP contribution >= 0.6 is 0 Å². The van der Waals surface area contributed by atoms with Crippen molar-refractivity contribution in [3.05, 3.63) is 90.6 Å². The highest BCUT2D eigenvalue weighted by Crippen LogP contribution is 2.30. The Morgan fingerprint density at radius 2 is 1.32 bits per heavy atom. The molecule has 122 valence electrons. The zero-order chi connectivity index (χ0) is 17.2. The van der Waals surface area contributed by atoms with E-state index in [1.807, 2.05) is 6.07 Å². The second kappa shape index (κ2) is 6.52. The van der Waals surface area contributed by atoms with Gasteiger partial charge in [-0.05, 0) is 46.0 Å². The zero-order valence-corrected chi connectivity index (χ0v) is 14.6. The number of hydrogen-bond donors (Lipinski definition) is 0. The highest BCUT2D eigenvalue weighted by Gasteiger charge is 2.09. The topological polar surface area (TPSA) is 12.9 Å². The van der Waals surface area contributed by atoms with Crippen molar-refractivity contribution in [2.24, 2.45) is 0 Å². The van der Waals surface area contributed by atoms with Crippen molar-refractivity contribution in [1.82, 2.24) is 4.98 Å². The van der Waals surface area contributed by atoms with Crippen LogP contribution in [0, 0.1) is 0 Å². The summed E-state index contributed by atoms with van der Waals surface area (Å²) in [7, 11) is 0. The van der Waals surface area contributed by atoms with Gasteiger partial charge in [-0.3, -0.25) is 4.98 Å². The first-order valence-corrected chi connectivity index (χ1v) is 8.77. The van der Waals surface area contributed by atoms with Crippen molar-refractivity contribution < 1.29 is 0 Å². The van der Waals surface area contributed by atoms with E-state index in [0.717, 1.165) is 17.0 Å². The van der Waals surface area contributed by atoms with Gasteiger partial charge in [-0.25, -0.2) is 0 Å². The zero-order valence-electron chi connectivity index (χ0n) is 14.6. The third-order valence-corrected chi connectivity index (χ3v) is 4.59. The molecule has 0 atom stereocenters. The summed E-state index contributed by atoms with van der Waals surface area (Å²) in [6.07, 6.45) is 0. The summed E-state index contributed by atoms with van der Waals surface area (Å²) in [4.78, 5) is 4.89. The second-order valence-corrected chi connectivity index (χ2v) is 6.75. The minimum Gasteiger partial charge on any atom is -0.253 e. The lowest BCUT2D eigenvalue weighted by molar-refractivity contribution is 0.825. The van der Waals surface area contributed by atoms with Gasteiger partial charge in [0.05, 0.1) is 5.69 Å². The van der Waals surface area contributed by atoms with E-state index >= 15 is 0 Å². The number of rotatable bonds is 3. The van der Waals surface area contributed by atoms with Crippen molar-refractivity contribution in [3.8, 4) is 22.4 Å². The molecule has 0 N–H and O–H groups in total. The average Bonchev–Trinajstić information content (AvgIpc) is 2.68. The van der Waals surface area contributed by atoms with Crippen LogP contribution in [-0.2, 0) is 0 Å². The summed E-state index contributed by atoms with van der Waals surface area (Å²) in [5.74, 6) is 0.392. The lowest BCUT2D eigenvalue weighted by Gasteiger charge is -2.12. The first kappa shape index (κ1) is 15.6. The molecule has 1 heterocycles. The fraction of sp³-hybridized carbons (Fsp3) is 0.125. The van der Waals surface area contributed by atoms with E-state index in [4.69, 9.17) is 4.98 Å². The Kier molecular flexibility index (Phi) is 4.07. The number of fused-ring (bicyclic) bond motifs is 1. The minimum atomic E-state index is 0.392. The Balaban J connectivity index is 1.89. The first-order chi connectivity index (χ1) is 12.2. The van der Waals surface area contributed by atoms with Crippen LogP contribution in [-0.4, -0.2) is 4.98 Å². The van der Waals surface area contributed by atoms with Crippen LogP contribution in [0.2, 0.25) is 0 Å². The molecule has 25 heavy (non-hydrogen) atoms. The van der Waals surface area contributed by atoms with E-state index in [2.05, 4.69) is 92.7 Å². The van der Waals surface area contributed by atoms with Crippen molar-refractivity contribution >= 4 is 10.8 Å². The summed E-state index contributed by atoms with van der Waals surface area (Å²) < 4.78 is 0. The van der Waals surface area contributed by atoms with Gasteiger partial charge in [0, 0.05) is 11.3 Å². The van der Waals surface area contributed by atoms with Gasteiger partial charge >= 0.3 is 0 Å². The largest absolute Gasteiger partial charge is 0.253 e. The van der Waals surface area contributed by atoms with Crippen LogP contribution in [0.25, 0.3) is 33.2 Å². The van der Waals surface area contributed by atoms with Crippen LogP contribution in [0.15, 0.2) is 84.9 Å². The summed E-state index contributed by atoms with van der Waals surface area (Å²) in [5.41, 5.74) is 5.79. The van der Waals surface area contributed by atoms with Crippen LogP contribution in [0.4, 0.5) is 0 Å². The third kappa shape index (κ3) is 3.18. The maximum absolute atomic E-state index is 4.89. The molecule has 0 aliphatic carbocycles. The van der Waals surface area contributed by atoms with Crippen LogP contribution in [0.1, 0.15) is 25.5 Å². The smallest absolute Gasteiger partial charge is 0.0711 e. The molecule has 4 aromatic rings. The summed E-state index contributed by atoms with van der Waals surface area (Å²) >= 11 is 0. The van der Waals surface area contributed by atoms with Gasteiger partial charge in [0.15, 0.2) is 0 Å². The normalized spacial score (nSPS) is 11.2. The highest BCUT2D eigenvalue weighted by atomic mass is 14.7. The van der Waals surface area contributed by atoms with Gasteiger partial charge < -0.3 is 0 Å². The van der Waals surface area contributed by atoms with Crippen LogP contribution in [0.3, 0.4) is 0 Å². The molecular formula is C24H21N. The standard InChI is InChI=1S/C24H21N/c1-17(2)23-15-22(16-24(25-23)19-9-4-3-5-10-19)21-13-12-18-8-6-7-11-20(18)14-21/h3-17H,1-2H3. The Morgan fingerprint density at radius 1 is 0.600 bits per heavy atom. The summed E-state index contributed by atoms with van der Waals surface area (Å²) in [5, 5.41) is 2.54. The van der Waals surface area contributed by atoms with Gasteiger partial charge in [-0.1, -0.05) is 80.6 Å². The van der Waals surface area contributed by atoms with Crippen LogP contribution in [0.5, 0.6) is 0 Å². The molecule has 0 aliphatic heterocycles. The monoisotopic (exact) mass is 323 g/mol. The van der Waals surface area contributed by atoms with E-state index in [-0.39, 0.29) is 0 Å². The van der Waals surface area contributed by atoms with Crippen LogP contribution < -0.4 is 0 Å². The Morgan fingerprint density at radius 3 is 2.08 bits per heavy atom. The number of aromatic nitrogens is 1. The fourth-order valence-electron chi connectivity index (χ4n) is 3.14. The van der Waals surface area contributed by atoms with Crippen molar-refractivity contribution in [2.75, 3.05) is 0 Å². The van der Waals surface area contributed by atoms with Crippen molar-refractivity contribution in [1.29, 1.82) is 0 Å². The van der Waals surface area contributed by atoms with Gasteiger partial charge in [-0.2, -0.15) is 0 Å². The maximum atomic E-state index is 4.89. The molecule has 4 rings (SSSR count). The average molecular weight is 323 g/mol. The van der Waals surface area contributed by atoms with Crippen molar-refractivity contribution in [2.45, 2.75) is 19.8 Å². The molecule has 0 spiro atoms. The summed E-state index contributed by atoms with van der Waals surface area (Å²) in [6, 6.07) is 30.0. The molecule has 0 amide bonds. The van der Waals surface area contributed by atoms with E-state index in [1.54, 1.807) is 0 Å². The van der Waals surface area contributed by atoms with Gasteiger partial charge in [-0.15, -0.1) is 0 Å². The predicted octanol–water partition coefficient (Wildman–Crippen LogP) is 6.69. The van der Waals surface area contributed by atoms with Gasteiger partial charge in [0.25, 0.3) is 0 Å². The van der Waals surface area contributed by atoms with Gasteiger partial charge in [0.2, 0.25) is 0 Å². The molecule has 0 unspecified atom stereocenters. The Bertz CT molecular complexity index is 1020. The van der Waals surface area contributed by atoms with E-state index in [0.29, 0.717) is 5.92 Å². The Hall–Kier alpha value is -2.93. The molecule has 0 aliphatic rings. The number of nitrogens with zero attached hydrogens (tertiary/aromatic N) is 1.